The highest BCUT2D eigenvalue weighted by Gasteiger charge is 2.31. The zero-order valence-corrected chi connectivity index (χ0v) is 7.87. The van der Waals surface area contributed by atoms with E-state index in [1.165, 1.54) is 6.42 Å². The fourth-order valence-corrected chi connectivity index (χ4v) is 1.98. The van der Waals surface area contributed by atoms with E-state index in [-0.39, 0.29) is 24.0 Å². The van der Waals surface area contributed by atoms with Crippen molar-refractivity contribution < 1.29 is 9.53 Å². The average Bonchev–Trinajstić information content (AvgIpc) is 2.44. The summed E-state index contributed by atoms with van der Waals surface area (Å²) in [5.74, 6) is 0.0910. The number of esters is 1. The summed E-state index contributed by atoms with van der Waals surface area (Å²) in [6.45, 7) is 0. The molecule has 0 spiro atoms. The largest absolute Gasteiger partial charge is 0.462 e. The summed E-state index contributed by atoms with van der Waals surface area (Å²) in [4.78, 5) is 11.5. The fourth-order valence-electron chi connectivity index (χ4n) is 1.98. The first-order chi connectivity index (χ1) is 6.25. The van der Waals surface area contributed by atoms with Crippen molar-refractivity contribution in [2.24, 2.45) is 11.7 Å². The molecule has 2 aliphatic carbocycles. The number of ether oxygens (including phenoxy) is 1. The van der Waals surface area contributed by atoms with Gasteiger partial charge in [0.25, 0.3) is 0 Å². The van der Waals surface area contributed by atoms with Gasteiger partial charge in [-0.3, -0.25) is 4.79 Å². The molecule has 2 saturated carbocycles. The second kappa shape index (κ2) is 3.66. The minimum atomic E-state index is -0.00218. The van der Waals surface area contributed by atoms with E-state index in [4.69, 9.17) is 10.5 Å². The predicted octanol–water partition coefficient (Wildman–Crippen LogP) is 1.21. The van der Waals surface area contributed by atoms with Crippen LogP contribution in [-0.4, -0.2) is 18.1 Å². The standard InChI is InChI=1S/C10H17NO2/c11-8-5-4-7(6-8)10(12)13-9-2-1-3-9/h7-9H,1-6,11H2. The third-order valence-corrected chi connectivity index (χ3v) is 3.14. The SMILES string of the molecule is NC1CCC(C(=O)OC2CCC2)C1. The Balaban J connectivity index is 1.76. The van der Waals surface area contributed by atoms with E-state index < -0.39 is 0 Å². The van der Waals surface area contributed by atoms with Gasteiger partial charge in [0.2, 0.25) is 0 Å². The summed E-state index contributed by atoms with van der Waals surface area (Å²) >= 11 is 0. The summed E-state index contributed by atoms with van der Waals surface area (Å²) < 4.78 is 5.32. The summed E-state index contributed by atoms with van der Waals surface area (Å²) in [5, 5.41) is 0. The van der Waals surface area contributed by atoms with Gasteiger partial charge >= 0.3 is 5.97 Å². The molecule has 0 amide bonds. The molecule has 3 heteroatoms. The van der Waals surface area contributed by atoms with Crippen LogP contribution in [0.3, 0.4) is 0 Å². The third-order valence-electron chi connectivity index (χ3n) is 3.14. The molecule has 0 saturated heterocycles. The molecule has 0 aromatic heterocycles. The molecule has 3 nitrogen and oxygen atoms in total. The number of rotatable bonds is 2. The molecule has 2 unspecified atom stereocenters. The molecule has 2 fully saturated rings. The van der Waals surface area contributed by atoms with E-state index in [1.807, 2.05) is 0 Å². The number of hydrogen-bond donors (Lipinski definition) is 1. The lowest BCUT2D eigenvalue weighted by Crippen LogP contribution is -2.28. The maximum atomic E-state index is 11.5. The van der Waals surface area contributed by atoms with Gasteiger partial charge in [-0.25, -0.2) is 0 Å². The molecule has 2 atom stereocenters. The van der Waals surface area contributed by atoms with Crippen LogP contribution < -0.4 is 5.73 Å². The molecule has 0 radical (unpaired) electrons. The molecular formula is C10H17NO2. The second-order valence-corrected chi connectivity index (χ2v) is 4.26. The monoisotopic (exact) mass is 183 g/mol. The van der Waals surface area contributed by atoms with Crippen molar-refractivity contribution in [3.8, 4) is 0 Å². The Hall–Kier alpha value is -0.570. The van der Waals surface area contributed by atoms with Crippen LogP contribution in [0.2, 0.25) is 0 Å². The van der Waals surface area contributed by atoms with Crippen LogP contribution in [0.5, 0.6) is 0 Å². The Kier molecular flexibility index (Phi) is 2.54. The maximum absolute atomic E-state index is 11.5. The number of hydrogen-bond acceptors (Lipinski definition) is 3. The minimum absolute atomic E-state index is 0.00218. The van der Waals surface area contributed by atoms with Crippen LogP contribution in [0.15, 0.2) is 0 Å². The predicted molar refractivity (Wildman–Crippen MR) is 49.0 cm³/mol. The van der Waals surface area contributed by atoms with Gasteiger partial charge in [-0.15, -0.1) is 0 Å². The number of nitrogens with two attached hydrogens (primary N) is 1. The molecule has 0 aromatic rings. The quantitative estimate of drug-likeness (QED) is 0.655. The molecule has 0 bridgehead atoms. The van der Waals surface area contributed by atoms with Crippen LogP contribution in [0, 0.1) is 5.92 Å². The highest BCUT2D eigenvalue weighted by atomic mass is 16.5. The maximum Gasteiger partial charge on any atom is 0.309 e. The van der Waals surface area contributed by atoms with Crippen molar-refractivity contribution >= 4 is 5.97 Å². The van der Waals surface area contributed by atoms with E-state index in [9.17, 15) is 4.79 Å². The van der Waals surface area contributed by atoms with Gasteiger partial charge < -0.3 is 10.5 Å². The summed E-state index contributed by atoms with van der Waals surface area (Å²) in [6.07, 6.45) is 6.28. The Labute approximate surface area is 78.6 Å². The van der Waals surface area contributed by atoms with E-state index in [0.717, 1.165) is 32.1 Å². The Morgan fingerprint density at radius 1 is 1.23 bits per heavy atom. The van der Waals surface area contributed by atoms with Gasteiger partial charge in [-0.2, -0.15) is 0 Å². The normalized spacial score (nSPS) is 34.2. The van der Waals surface area contributed by atoms with Crippen LogP contribution in [-0.2, 0) is 9.53 Å². The lowest BCUT2D eigenvalue weighted by molar-refractivity contribution is -0.157. The summed E-state index contributed by atoms with van der Waals surface area (Å²) in [6, 6.07) is 0.221. The van der Waals surface area contributed by atoms with Gasteiger partial charge in [0, 0.05) is 6.04 Å². The van der Waals surface area contributed by atoms with Crippen LogP contribution >= 0.6 is 0 Å². The average molecular weight is 183 g/mol. The number of carbonyl (C=O) groups excluding carboxylic acids is 1. The van der Waals surface area contributed by atoms with Crippen molar-refractivity contribution in [2.75, 3.05) is 0 Å². The highest BCUT2D eigenvalue weighted by Crippen LogP contribution is 2.28. The zero-order chi connectivity index (χ0) is 9.26. The molecule has 2 N–H and O–H groups in total. The summed E-state index contributed by atoms with van der Waals surface area (Å²) in [5.41, 5.74) is 5.73. The smallest absolute Gasteiger partial charge is 0.309 e. The molecular weight excluding hydrogens is 166 g/mol. The van der Waals surface area contributed by atoms with Gasteiger partial charge in [-0.05, 0) is 38.5 Å². The third kappa shape index (κ3) is 2.02. The molecule has 2 aliphatic rings. The van der Waals surface area contributed by atoms with Crippen molar-refractivity contribution in [1.82, 2.24) is 0 Å². The lowest BCUT2D eigenvalue weighted by atomic mass is 9.96. The first-order valence-corrected chi connectivity index (χ1v) is 5.22. The minimum Gasteiger partial charge on any atom is -0.462 e. The zero-order valence-electron chi connectivity index (χ0n) is 7.87. The van der Waals surface area contributed by atoms with Gasteiger partial charge in [0.05, 0.1) is 5.92 Å². The molecule has 13 heavy (non-hydrogen) atoms. The van der Waals surface area contributed by atoms with Gasteiger partial charge in [0.15, 0.2) is 0 Å². The summed E-state index contributed by atoms with van der Waals surface area (Å²) in [7, 11) is 0. The Morgan fingerprint density at radius 3 is 2.46 bits per heavy atom. The first kappa shape index (κ1) is 9.00. The Morgan fingerprint density at radius 2 is 2.00 bits per heavy atom. The highest BCUT2D eigenvalue weighted by molar-refractivity contribution is 5.73. The van der Waals surface area contributed by atoms with Crippen molar-refractivity contribution in [1.29, 1.82) is 0 Å². The Bertz CT molecular complexity index is 201. The molecule has 0 heterocycles. The topological polar surface area (TPSA) is 52.3 Å². The molecule has 0 aliphatic heterocycles. The van der Waals surface area contributed by atoms with Gasteiger partial charge in [-0.1, -0.05) is 0 Å². The van der Waals surface area contributed by atoms with E-state index in [2.05, 4.69) is 0 Å². The molecule has 2 rings (SSSR count). The van der Waals surface area contributed by atoms with Crippen LogP contribution in [0.1, 0.15) is 38.5 Å². The lowest BCUT2D eigenvalue weighted by Gasteiger charge is -2.26. The van der Waals surface area contributed by atoms with E-state index in [1.54, 1.807) is 0 Å². The fraction of sp³-hybridized carbons (Fsp3) is 0.900. The van der Waals surface area contributed by atoms with Crippen molar-refractivity contribution in [3.63, 3.8) is 0 Å². The number of carbonyl (C=O) groups is 1. The van der Waals surface area contributed by atoms with E-state index in [0.29, 0.717) is 0 Å². The van der Waals surface area contributed by atoms with Gasteiger partial charge in [0.1, 0.15) is 6.10 Å². The molecule has 0 aromatic carbocycles. The van der Waals surface area contributed by atoms with Crippen LogP contribution in [0.25, 0.3) is 0 Å². The van der Waals surface area contributed by atoms with Crippen molar-refractivity contribution in [2.45, 2.75) is 50.7 Å². The molecule has 74 valence electrons. The first-order valence-electron chi connectivity index (χ1n) is 5.22. The second-order valence-electron chi connectivity index (χ2n) is 4.26. The van der Waals surface area contributed by atoms with Crippen molar-refractivity contribution in [3.05, 3.63) is 0 Å². The van der Waals surface area contributed by atoms with Crippen LogP contribution in [0.4, 0.5) is 0 Å². The van der Waals surface area contributed by atoms with E-state index >= 15 is 0 Å².